The Morgan fingerprint density at radius 1 is 1.42 bits per heavy atom. The van der Waals surface area contributed by atoms with Crippen molar-refractivity contribution in [3.63, 3.8) is 0 Å². The van der Waals surface area contributed by atoms with Crippen LogP contribution in [0, 0.1) is 0 Å². The fourth-order valence-corrected chi connectivity index (χ4v) is 2.67. The summed E-state index contributed by atoms with van der Waals surface area (Å²) in [7, 11) is 1.63. The summed E-state index contributed by atoms with van der Waals surface area (Å²) in [5.41, 5.74) is 2.98. The summed E-state index contributed by atoms with van der Waals surface area (Å²) in [6.45, 7) is 5.66. The number of nitrogens with one attached hydrogen (secondary N) is 4. The molecule has 1 aliphatic rings. The van der Waals surface area contributed by atoms with E-state index in [1.807, 2.05) is 19.1 Å². The van der Waals surface area contributed by atoms with Gasteiger partial charge < -0.3 is 25.7 Å². The number of unbranched alkanes of at least 4 members (excludes halogenated alkanes) is 1. The van der Waals surface area contributed by atoms with Crippen LogP contribution >= 0.6 is 0 Å². The van der Waals surface area contributed by atoms with Gasteiger partial charge in [-0.05, 0) is 32.0 Å². The minimum absolute atomic E-state index is 0.0337. The highest BCUT2D eigenvalue weighted by atomic mass is 16.6. The van der Waals surface area contributed by atoms with Gasteiger partial charge in [-0.2, -0.15) is 0 Å². The van der Waals surface area contributed by atoms with Gasteiger partial charge in [-0.15, -0.1) is 0 Å². The molecular weight excluding hydrogens is 332 g/mol. The van der Waals surface area contributed by atoms with Crippen molar-refractivity contribution < 1.29 is 9.53 Å². The number of hydrogen-bond donors (Lipinski definition) is 4. The summed E-state index contributed by atoms with van der Waals surface area (Å²) in [6.07, 6.45) is 4.07. The van der Waals surface area contributed by atoms with Crippen molar-refractivity contribution in [2.75, 3.05) is 18.9 Å². The summed E-state index contributed by atoms with van der Waals surface area (Å²) >= 11 is 0. The van der Waals surface area contributed by atoms with E-state index in [0.29, 0.717) is 18.1 Å². The molecule has 0 bridgehead atoms. The van der Waals surface area contributed by atoms with Crippen molar-refractivity contribution in [3.05, 3.63) is 29.6 Å². The Kier molecular flexibility index (Phi) is 5.85. The highest BCUT2D eigenvalue weighted by Crippen LogP contribution is 2.24. The normalized spacial score (nSPS) is 18.6. The molecule has 2 unspecified atom stereocenters. The van der Waals surface area contributed by atoms with E-state index in [2.05, 4.69) is 37.8 Å². The molecule has 1 saturated heterocycles. The molecule has 1 aliphatic heterocycles. The van der Waals surface area contributed by atoms with E-state index in [4.69, 9.17) is 4.74 Å². The van der Waals surface area contributed by atoms with E-state index in [0.717, 1.165) is 36.5 Å². The molecule has 1 amide bonds. The van der Waals surface area contributed by atoms with Gasteiger partial charge in [0.1, 0.15) is 6.10 Å². The van der Waals surface area contributed by atoms with Crippen LogP contribution in [-0.4, -0.2) is 46.8 Å². The first-order valence-corrected chi connectivity index (χ1v) is 9.02. The van der Waals surface area contributed by atoms with Gasteiger partial charge in [0, 0.05) is 25.5 Å². The highest BCUT2D eigenvalue weighted by molar-refractivity contribution is 5.96. The number of rotatable bonds is 9. The van der Waals surface area contributed by atoms with Gasteiger partial charge >= 0.3 is 0 Å². The minimum atomic E-state index is -0.118. The number of nitrogens with zero attached hydrogens (tertiary/aromatic N) is 2. The molecule has 2 atom stereocenters. The smallest absolute Gasteiger partial charge is 0.252 e. The van der Waals surface area contributed by atoms with Crippen LogP contribution in [0.5, 0.6) is 0 Å². The van der Waals surface area contributed by atoms with E-state index in [1.54, 1.807) is 13.2 Å². The fraction of sp³-hybridized carbons (Fsp3) is 0.500. The number of carbonyl (C=O) groups excluding carboxylic acids is 1. The molecular formula is C18H26N6O2. The Hall–Kier alpha value is -2.45. The molecule has 8 nitrogen and oxygen atoms in total. The predicted octanol–water partition coefficient (Wildman–Crippen LogP) is 1.88. The van der Waals surface area contributed by atoms with Gasteiger partial charge in [-0.1, -0.05) is 13.3 Å². The molecule has 26 heavy (non-hydrogen) atoms. The average Bonchev–Trinajstić information content (AvgIpc) is 3.18. The van der Waals surface area contributed by atoms with Gasteiger partial charge in [0.05, 0.1) is 17.0 Å². The third-order valence-electron chi connectivity index (χ3n) is 4.29. The number of hydrogen-bond acceptors (Lipinski definition) is 6. The van der Waals surface area contributed by atoms with Crippen LogP contribution in [0.4, 0.5) is 5.95 Å². The highest BCUT2D eigenvalue weighted by Gasteiger charge is 2.34. The van der Waals surface area contributed by atoms with E-state index >= 15 is 0 Å². The van der Waals surface area contributed by atoms with Crippen LogP contribution in [0.25, 0.3) is 11.4 Å². The Labute approximate surface area is 153 Å². The molecule has 140 valence electrons. The molecule has 4 N–H and O–H groups in total. The molecule has 0 radical (unpaired) electrons. The van der Waals surface area contributed by atoms with E-state index in [9.17, 15) is 4.79 Å². The molecule has 1 fully saturated rings. The molecule has 3 rings (SSSR count). The summed E-state index contributed by atoms with van der Waals surface area (Å²) in [5.74, 6) is 0.392. The standard InChI is InChI=1S/C18H26N6O2/c1-4-5-7-20-10-15-12(16(25)19-3)9-14(22-15)13-6-8-21-18(23-13)24-17-11(2)26-17/h6,8-9,11,17,20,22H,4-5,7,10H2,1-3H3,(H,19,25)(H,21,23,24). The molecule has 0 aliphatic carbocycles. The third kappa shape index (κ3) is 4.39. The van der Waals surface area contributed by atoms with Gasteiger partial charge in [0.25, 0.3) is 5.91 Å². The monoisotopic (exact) mass is 358 g/mol. The summed E-state index contributed by atoms with van der Waals surface area (Å²) in [5, 5.41) is 9.18. The van der Waals surface area contributed by atoms with Crippen molar-refractivity contribution in [2.45, 2.75) is 45.6 Å². The molecule has 8 heteroatoms. The zero-order chi connectivity index (χ0) is 18.5. The molecule has 2 aromatic heterocycles. The number of aromatic amines is 1. The molecule has 0 aromatic carbocycles. The lowest BCUT2D eigenvalue weighted by molar-refractivity contribution is 0.0962. The summed E-state index contributed by atoms with van der Waals surface area (Å²) in [6, 6.07) is 3.65. The molecule has 2 aromatic rings. The van der Waals surface area contributed by atoms with Crippen molar-refractivity contribution in [1.29, 1.82) is 0 Å². The van der Waals surface area contributed by atoms with Crippen molar-refractivity contribution in [1.82, 2.24) is 25.6 Å². The summed E-state index contributed by atoms with van der Waals surface area (Å²) < 4.78 is 5.34. The maximum atomic E-state index is 12.2. The first kappa shape index (κ1) is 18.3. The van der Waals surface area contributed by atoms with E-state index < -0.39 is 0 Å². The second-order valence-corrected chi connectivity index (χ2v) is 6.36. The Morgan fingerprint density at radius 2 is 2.23 bits per heavy atom. The van der Waals surface area contributed by atoms with E-state index in [-0.39, 0.29) is 18.2 Å². The Bertz CT molecular complexity index is 760. The lowest BCUT2D eigenvalue weighted by Crippen LogP contribution is -2.21. The number of epoxide rings is 1. The maximum Gasteiger partial charge on any atom is 0.252 e. The number of H-pyrrole nitrogens is 1. The number of aromatic nitrogens is 3. The van der Waals surface area contributed by atoms with Crippen LogP contribution in [0.3, 0.4) is 0 Å². The lowest BCUT2D eigenvalue weighted by atomic mass is 10.2. The van der Waals surface area contributed by atoms with Crippen LogP contribution < -0.4 is 16.0 Å². The molecule has 0 spiro atoms. The Morgan fingerprint density at radius 3 is 2.92 bits per heavy atom. The average molecular weight is 358 g/mol. The number of carbonyl (C=O) groups is 1. The second-order valence-electron chi connectivity index (χ2n) is 6.36. The SMILES string of the molecule is CCCCNCc1[nH]c(-c2ccnc(NC3OC3C)n2)cc1C(=O)NC. The van der Waals surface area contributed by atoms with Crippen molar-refractivity contribution >= 4 is 11.9 Å². The van der Waals surface area contributed by atoms with Crippen LogP contribution in [0.15, 0.2) is 18.3 Å². The molecule has 0 saturated carbocycles. The van der Waals surface area contributed by atoms with E-state index in [1.165, 1.54) is 0 Å². The second kappa shape index (κ2) is 8.29. The summed E-state index contributed by atoms with van der Waals surface area (Å²) in [4.78, 5) is 24.3. The van der Waals surface area contributed by atoms with Gasteiger partial charge in [0.2, 0.25) is 5.95 Å². The quantitative estimate of drug-likeness (QED) is 0.403. The number of amides is 1. The van der Waals surface area contributed by atoms with Gasteiger partial charge in [-0.25, -0.2) is 9.97 Å². The predicted molar refractivity (Wildman–Crippen MR) is 99.8 cm³/mol. The van der Waals surface area contributed by atoms with Gasteiger partial charge in [0.15, 0.2) is 6.23 Å². The molecule has 3 heterocycles. The van der Waals surface area contributed by atoms with Crippen molar-refractivity contribution in [3.8, 4) is 11.4 Å². The van der Waals surface area contributed by atoms with Crippen LogP contribution in [0.1, 0.15) is 42.7 Å². The minimum Gasteiger partial charge on any atom is -0.355 e. The first-order valence-electron chi connectivity index (χ1n) is 9.02. The maximum absolute atomic E-state index is 12.2. The third-order valence-corrected chi connectivity index (χ3v) is 4.29. The largest absolute Gasteiger partial charge is 0.355 e. The van der Waals surface area contributed by atoms with Gasteiger partial charge in [-0.3, -0.25) is 4.79 Å². The fourth-order valence-electron chi connectivity index (χ4n) is 2.67. The first-order chi connectivity index (χ1) is 12.6. The number of anilines is 1. The zero-order valence-electron chi connectivity index (χ0n) is 15.4. The van der Waals surface area contributed by atoms with Crippen molar-refractivity contribution in [2.24, 2.45) is 0 Å². The topological polar surface area (TPSA) is 107 Å². The van der Waals surface area contributed by atoms with Crippen LogP contribution in [-0.2, 0) is 11.3 Å². The lowest BCUT2D eigenvalue weighted by Gasteiger charge is -2.05. The number of ether oxygens (including phenoxy) is 1. The Balaban J connectivity index is 1.79. The van der Waals surface area contributed by atoms with Crippen LogP contribution in [0.2, 0.25) is 0 Å². The zero-order valence-corrected chi connectivity index (χ0v) is 15.4.